The maximum atomic E-state index is 11.5. The molecule has 2 atom stereocenters. The lowest BCUT2D eigenvalue weighted by Crippen LogP contribution is -2.43. The molecule has 15 N–H and O–H groups in total. The Hall–Kier alpha value is -5.06. The van der Waals surface area contributed by atoms with E-state index in [2.05, 4.69) is 15.3 Å². The van der Waals surface area contributed by atoms with Crippen molar-refractivity contribution in [2.45, 2.75) is 71.1 Å². The monoisotopic (exact) mass is 623 g/mol. The number of carbonyl (C=O) groups is 3. The van der Waals surface area contributed by atoms with Crippen molar-refractivity contribution in [3.63, 3.8) is 0 Å². The van der Waals surface area contributed by atoms with E-state index < -0.39 is 41.3 Å². The number of nitrogens with zero attached hydrogens (tertiary/aromatic N) is 2. The number of carbonyl (C=O) groups excluding carboxylic acids is 1. The first-order valence-corrected chi connectivity index (χ1v) is 13.4. The Morgan fingerprint density at radius 2 is 1.50 bits per heavy atom. The van der Waals surface area contributed by atoms with E-state index in [1.807, 2.05) is 19.1 Å². The fourth-order valence-corrected chi connectivity index (χ4v) is 3.15. The number of nitrogens with two attached hydrogens (primary N) is 6. The predicted molar refractivity (Wildman–Crippen MR) is 168 cm³/mol. The first kappa shape index (κ1) is 38.9. The predicted octanol–water partition coefficient (Wildman–Crippen LogP) is 0.153. The number of nitrogen functional groups attached to an aromatic ring is 1. The zero-order valence-electron chi connectivity index (χ0n) is 25.4. The standard InChI is InChI=1S/C11H22N4O4.C10H9NO2.C6H14N4O2/c1-11(2,3)19-10(18)15-7(8(16)17)5-4-6-14-9(12)13;1-6-2-3-7-8(11)5-10(12)13-9(7)4-6;7-4(5(11)12)2-1-3-10-6(8)9/h7H,4-6H2,1-3H3,(H,15,18)(H,16,17)(H4,12,13,14);2-5H,11H2,1H3;4H,1-3,7H2,(H,11,12)(H4,8,9,10)/t7-;;4-/m0.0/s1. The highest BCUT2D eigenvalue weighted by molar-refractivity contribution is 5.88. The molecular formula is C27H45N9O8. The summed E-state index contributed by atoms with van der Waals surface area (Å²) < 4.78 is 9.97. The third-order valence-corrected chi connectivity index (χ3v) is 5.15. The molecule has 44 heavy (non-hydrogen) atoms. The van der Waals surface area contributed by atoms with Gasteiger partial charge in [0.25, 0.3) is 0 Å². The minimum Gasteiger partial charge on any atom is -0.480 e. The minimum absolute atomic E-state index is 0.0129. The van der Waals surface area contributed by atoms with E-state index in [-0.39, 0.29) is 18.3 Å². The fourth-order valence-electron chi connectivity index (χ4n) is 3.15. The van der Waals surface area contributed by atoms with E-state index in [1.54, 1.807) is 26.8 Å². The van der Waals surface area contributed by atoms with Crippen LogP contribution in [-0.4, -0.2) is 70.9 Å². The number of fused-ring (bicyclic) bond motifs is 1. The number of alkyl carbamates (subject to hydrolysis) is 1. The molecule has 1 amide bonds. The van der Waals surface area contributed by atoms with Crippen LogP contribution in [0, 0.1) is 6.92 Å². The van der Waals surface area contributed by atoms with E-state index in [1.165, 1.54) is 6.07 Å². The van der Waals surface area contributed by atoms with Crippen molar-refractivity contribution < 1.29 is 33.8 Å². The van der Waals surface area contributed by atoms with Gasteiger partial charge in [-0.15, -0.1) is 0 Å². The van der Waals surface area contributed by atoms with E-state index in [4.69, 9.17) is 53.8 Å². The van der Waals surface area contributed by atoms with Gasteiger partial charge in [0.1, 0.15) is 23.3 Å². The Balaban J connectivity index is 0.000000652. The molecule has 17 nitrogen and oxygen atoms in total. The van der Waals surface area contributed by atoms with Gasteiger partial charge in [-0.3, -0.25) is 14.8 Å². The van der Waals surface area contributed by atoms with E-state index in [0.29, 0.717) is 43.6 Å². The van der Waals surface area contributed by atoms with Gasteiger partial charge in [-0.05, 0) is 71.1 Å². The van der Waals surface area contributed by atoms with Crippen LogP contribution in [0.2, 0.25) is 0 Å². The second kappa shape index (κ2) is 19.2. The van der Waals surface area contributed by atoms with Gasteiger partial charge in [0.15, 0.2) is 11.9 Å². The second-order valence-corrected chi connectivity index (χ2v) is 10.4. The first-order valence-electron chi connectivity index (χ1n) is 13.4. The van der Waals surface area contributed by atoms with Crippen LogP contribution >= 0.6 is 0 Å². The van der Waals surface area contributed by atoms with E-state index in [0.717, 1.165) is 10.9 Å². The van der Waals surface area contributed by atoms with Crippen LogP contribution < -0.4 is 45.3 Å². The molecular weight excluding hydrogens is 578 g/mol. The van der Waals surface area contributed by atoms with Crippen molar-refractivity contribution in [1.82, 2.24) is 5.32 Å². The van der Waals surface area contributed by atoms with Crippen molar-refractivity contribution in [2.75, 3.05) is 18.8 Å². The Kier molecular flexibility index (Phi) is 17.0. The lowest BCUT2D eigenvalue weighted by atomic mass is 10.1. The lowest BCUT2D eigenvalue weighted by molar-refractivity contribution is -0.140. The summed E-state index contributed by atoms with van der Waals surface area (Å²) in [7, 11) is 0. The number of hydrogen-bond donors (Lipinski definition) is 9. The molecule has 0 spiro atoms. The average molecular weight is 624 g/mol. The van der Waals surface area contributed by atoms with Crippen LogP contribution in [0.3, 0.4) is 0 Å². The molecule has 0 fully saturated rings. The van der Waals surface area contributed by atoms with Gasteiger partial charge in [-0.25, -0.2) is 14.4 Å². The van der Waals surface area contributed by atoms with Gasteiger partial charge in [0.05, 0.1) is 0 Å². The number of carboxylic acid groups (broad SMARTS) is 2. The van der Waals surface area contributed by atoms with Gasteiger partial charge in [0.2, 0.25) is 0 Å². The number of rotatable bonds is 11. The summed E-state index contributed by atoms with van der Waals surface area (Å²) in [6, 6.07) is 5.02. The van der Waals surface area contributed by atoms with Crippen LogP contribution in [0.5, 0.6) is 0 Å². The van der Waals surface area contributed by atoms with E-state index in [9.17, 15) is 19.2 Å². The molecule has 0 unspecified atom stereocenters. The molecule has 246 valence electrons. The molecule has 0 aliphatic rings. The summed E-state index contributed by atoms with van der Waals surface area (Å²) >= 11 is 0. The number of carboxylic acids is 2. The summed E-state index contributed by atoms with van der Waals surface area (Å²) in [5, 5.41) is 20.4. The number of guanidine groups is 2. The molecule has 17 heteroatoms. The van der Waals surface area contributed by atoms with Crippen LogP contribution in [-0.2, 0) is 14.3 Å². The topological polar surface area (TPSA) is 324 Å². The minimum atomic E-state index is -1.13. The van der Waals surface area contributed by atoms with Crippen molar-refractivity contribution >= 4 is 46.6 Å². The SMILES string of the molecule is CC(C)(C)OC(=O)N[C@@H](CCCN=C(N)N)C(=O)O.Cc1ccc2c(N)cc(=O)oc2c1.NC(N)=NCCC[C@H](N)C(=O)O. The maximum absolute atomic E-state index is 11.5. The number of anilines is 1. The third kappa shape index (κ3) is 18.4. The summed E-state index contributed by atoms with van der Waals surface area (Å²) in [5.74, 6) is -2.17. The second-order valence-electron chi connectivity index (χ2n) is 10.4. The molecule has 1 aromatic carbocycles. The van der Waals surface area contributed by atoms with E-state index >= 15 is 0 Å². The highest BCUT2D eigenvalue weighted by Gasteiger charge is 2.23. The molecule has 1 aromatic heterocycles. The molecule has 0 aliphatic carbocycles. The summed E-state index contributed by atoms with van der Waals surface area (Å²) in [4.78, 5) is 51.0. The molecule has 2 aromatic rings. The number of nitrogens with one attached hydrogen (secondary N) is 1. The van der Waals surface area contributed by atoms with Crippen molar-refractivity contribution in [3.05, 3.63) is 40.2 Å². The zero-order valence-corrected chi connectivity index (χ0v) is 25.4. The number of aliphatic imine (C=N–C) groups is 2. The van der Waals surface area contributed by atoms with Crippen LogP contribution in [0.4, 0.5) is 10.5 Å². The highest BCUT2D eigenvalue weighted by Crippen LogP contribution is 2.19. The lowest BCUT2D eigenvalue weighted by Gasteiger charge is -2.21. The number of amides is 1. The van der Waals surface area contributed by atoms with Crippen LogP contribution in [0.1, 0.15) is 52.0 Å². The van der Waals surface area contributed by atoms with Gasteiger partial charge in [-0.2, -0.15) is 0 Å². The fraction of sp³-hybridized carbons (Fsp3) is 0.481. The van der Waals surface area contributed by atoms with Crippen molar-refractivity contribution in [3.8, 4) is 0 Å². The average Bonchev–Trinajstić information content (AvgIpc) is 2.87. The molecule has 0 radical (unpaired) electrons. The van der Waals surface area contributed by atoms with Crippen molar-refractivity contribution in [1.29, 1.82) is 0 Å². The Morgan fingerprint density at radius 3 is 1.98 bits per heavy atom. The largest absolute Gasteiger partial charge is 0.480 e. The molecule has 0 bridgehead atoms. The third-order valence-electron chi connectivity index (χ3n) is 5.15. The molecule has 1 heterocycles. The summed E-state index contributed by atoms with van der Waals surface area (Å²) in [6.45, 7) is 7.75. The number of hydrogen-bond acceptors (Lipinski definition) is 10. The molecule has 2 rings (SSSR count). The van der Waals surface area contributed by atoms with Crippen LogP contribution in [0.15, 0.2) is 43.5 Å². The number of aliphatic carboxylic acids is 2. The van der Waals surface area contributed by atoms with Gasteiger partial charge in [-0.1, -0.05) is 6.07 Å². The first-order chi connectivity index (χ1) is 20.3. The van der Waals surface area contributed by atoms with Crippen molar-refractivity contribution in [2.24, 2.45) is 38.7 Å². The Bertz CT molecular complexity index is 1350. The summed E-state index contributed by atoms with van der Waals surface area (Å²) in [6.07, 6.45) is 0.842. The number of aryl methyl sites for hydroxylation is 1. The smallest absolute Gasteiger partial charge is 0.408 e. The molecule has 0 saturated carbocycles. The molecule has 0 saturated heterocycles. The Labute approximate surface area is 254 Å². The number of ether oxygens (including phenoxy) is 1. The highest BCUT2D eigenvalue weighted by atomic mass is 16.6. The van der Waals surface area contributed by atoms with Crippen LogP contribution in [0.25, 0.3) is 11.0 Å². The maximum Gasteiger partial charge on any atom is 0.408 e. The van der Waals surface area contributed by atoms with Gasteiger partial charge in [0, 0.05) is 30.2 Å². The van der Waals surface area contributed by atoms with Gasteiger partial charge < -0.3 is 59.1 Å². The molecule has 0 aliphatic heterocycles. The number of benzene rings is 1. The summed E-state index contributed by atoms with van der Waals surface area (Å²) in [5.41, 5.74) is 32.2. The quantitative estimate of drug-likeness (QED) is 0.0696. The van der Waals surface area contributed by atoms with Gasteiger partial charge >= 0.3 is 23.7 Å². The zero-order chi connectivity index (χ0) is 34.0. The normalized spacial score (nSPS) is 11.8. The Morgan fingerprint density at radius 1 is 0.955 bits per heavy atom.